The summed E-state index contributed by atoms with van der Waals surface area (Å²) in [6.07, 6.45) is 0. The largest absolute Gasteiger partial charge is 0.496 e. The van der Waals surface area contributed by atoms with Crippen molar-refractivity contribution in [2.45, 2.75) is 51.1 Å². The van der Waals surface area contributed by atoms with E-state index in [1.807, 2.05) is 48.5 Å². The Balaban J connectivity index is 1.11. The molecule has 0 saturated carbocycles. The molecule has 0 bridgehead atoms. The van der Waals surface area contributed by atoms with Crippen LogP contribution >= 0.6 is 31.9 Å². The minimum atomic E-state index is -1.30. The molecule has 2 aliphatic rings. The third-order valence-corrected chi connectivity index (χ3v) is 15.5. The van der Waals surface area contributed by atoms with Crippen molar-refractivity contribution in [1.29, 1.82) is 10.5 Å². The van der Waals surface area contributed by atoms with Gasteiger partial charge in [-0.3, -0.25) is 28.8 Å². The molecule has 18 nitrogen and oxygen atoms in total. The molecule has 0 spiro atoms. The van der Waals surface area contributed by atoms with Crippen molar-refractivity contribution in [3.05, 3.63) is 164 Å². The molecule has 4 atom stereocenters. The lowest BCUT2D eigenvalue weighted by atomic mass is 10.0. The summed E-state index contributed by atoms with van der Waals surface area (Å²) in [5, 5.41) is 35.3. The molecule has 80 heavy (non-hydrogen) atoms. The van der Waals surface area contributed by atoms with E-state index >= 15 is 19.2 Å². The minimum absolute atomic E-state index is 0.0555. The van der Waals surface area contributed by atoms with Gasteiger partial charge in [0.15, 0.2) is 0 Å². The first-order valence-electron chi connectivity index (χ1n) is 25.4. The quantitative estimate of drug-likeness (QED) is 0.0816. The summed E-state index contributed by atoms with van der Waals surface area (Å²) in [5.74, 6) is -2.32. The molecule has 0 fully saturated rings. The second kappa shape index (κ2) is 23.7. The number of benzene rings is 7. The van der Waals surface area contributed by atoms with Gasteiger partial charge in [0.25, 0.3) is 23.6 Å². The molecule has 4 N–H and O–H groups in total. The number of ether oxygens (including phenoxy) is 2. The highest BCUT2D eigenvalue weighted by molar-refractivity contribution is 9.10. The van der Waals surface area contributed by atoms with Gasteiger partial charge in [-0.2, -0.15) is 10.5 Å². The standard InChI is InChI=1S/C60H54Br2N10O8/c1-33(65-3)55(73)67-47-31-71(51-23-35(27-63)7-19-49(51)69(59(47)77)29-45-43-17-15-41(61)25-39(43)13-21-53(45)79-5)57(75)37-9-11-38(12-10-37)58(76)72-32-48(68-56(74)34(2)66-4)60(78)70(50-20-8-36(28-64)24-52(50)72)30-46-44-18-16-42(62)26-40(44)14-22-54(46)80-6/h7-26,33-34,47-48,65-66H,29-32H2,1-6H3,(H,67,73)(H,68,74). The van der Waals surface area contributed by atoms with Crippen LogP contribution in [0.4, 0.5) is 22.7 Å². The lowest BCUT2D eigenvalue weighted by Gasteiger charge is -2.27. The summed E-state index contributed by atoms with van der Waals surface area (Å²) in [6.45, 7) is 2.46. The normalized spacial score (nSPS) is 15.9. The molecule has 4 unspecified atom stereocenters. The second-order valence-corrected chi connectivity index (χ2v) is 21.1. The van der Waals surface area contributed by atoms with Crippen LogP contribution in [0.15, 0.2) is 130 Å². The highest BCUT2D eigenvalue weighted by atomic mass is 79.9. The van der Waals surface area contributed by atoms with Gasteiger partial charge in [0.05, 0.1) is 98.5 Å². The topological polar surface area (TPSA) is 230 Å². The Bertz CT molecular complexity index is 3510. The predicted octanol–water partition coefficient (Wildman–Crippen LogP) is 7.85. The first kappa shape index (κ1) is 56.1. The maximum Gasteiger partial charge on any atom is 0.258 e. The Hall–Kier alpha value is -8.66. The third kappa shape index (κ3) is 11.0. The third-order valence-electron chi connectivity index (χ3n) is 14.6. The van der Waals surface area contributed by atoms with E-state index in [1.165, 1.54) is 70.2 Å². The fourth-order valence-electron chi connectivity index (χ4n) is 9.97. The molecule has 20 heteroatoms. The number of anilines is 4. The van der Waals surface area contributed by atoms with Crippen molar-refractivity contribution < 1.29 is 38.2 Å². The number of halogens is 2. The van der Waals surface area contributed by atoms with E-state index in [2.05, 4.69) is 65.3 Å². The van der Waals surface area contributed by atoms with Crippen LogP contribution in [0.3, 0.4) is 0 Å². The molecule has 406 valence electrons. The molecule has 0 radical (unpaired) electrons. The molecule has 2 aliphatic heterocycles. The van der Waals surface area contributed by atoms with Crippen LogP contribution in [0.2, 0.25) is 0 Å². The smallest absolute Gasteiger partial charge is 0.258 e. The van der Waals surface area contributed by atoms with Gasteiger partial charge >= 0.3 is 0 Å². The van der Waals surface area contributed by atoms with E-state index in [-0.39, 0.29) is 71.2 Å². The Morgan fingerprint density at radius 3 is 1.30 bits per heavy atom. The van der Waals surface area contributed by atoms with Crippen LogP contribution in [0.5, 0.6) is 11.5 Å². The molecule has 6 amide bonds. The number of carbonyl (C=O) groups excluding carboxylic acids is 6. The average Bonchev–Trinajstić information content (AvgIpc) is 3.65. The average molecular weight is 1200 g/mol. The summed E-state index contributed by atoms with van der Waals surface area (Å²) in [6, 6.07) is 34.3. The first-order chi connectivity index (χ1) is 38.5. The first-order valence-corrected chi connectivity index (χ1v) is 27.0. The lowest BCUT2D eigenvalue weighted by molar-refractivity contribution is -0.128. The molecule has 0 aromatic heterocycles. The van der Waals surface area contributed by atoms with Crippen molar-refractivity contribution in [1.82, 2.24) is 21.3 Å². The van der Waals surface area contributed by atoms with E-state index in [1.54, 1.807) is 64.3 Å². The number of nitrogens with zero attached hydrogens (tertiary/aromatic N) is 6. The minimum Gasteiger partial charge on any atom is -0.496 e. The summed E-state index contributed by atoms with van der Waals surface area (Å²) in [7, 11) is 6.28. The molecular weight excluding hydrogens is 1150 g/mol. The van der Waals surface area contributed by atoms with Crippen LogP contribution in [0.1, 0.15) is 56.8 Å². The molecule has 2 heterocycles. The fraction of sp³-hybridized carbons (Fsp3) is 0.233. The zero-order valence-corrected chi connectivity index (χ0v) is 47.6. The lowest BCUT2D eigenvalue weighted by Crippen LogP contribution is -2.55. The van der Waals surface area contributed by atoms with Gasteiger partial charge in [-0.15, -0.1) is 0 Å². The fourth-order valence-corrected chi connectivity index (χ4v) is 10.7. The predicted molar refractivity (Wildman–Crippen MR) is 312 cm³/mol. The van der Waals surface area contributed by atoms with Crippen LogP contribution < -0.4 is 50.3 Å². The van der Waals surface area contributed by atoms with Crippen molar-refractivity contribution in [3.63, 3.8) is 0 Å². The van der Waals surface area contributed by atoms with Crippen LogP contribution in [0, 0.1) is 22.7 Å². The van der Waals surface area contributed by atoms with Crippen LogP contribution in [-0.4, -0.2) is 101 Å². The Morgan fingerprint density at radius 1 is 0.562 bits per heavy atom. The number of rotatable bonds is 14. The molecule has 0 aliphatic carbocycles. The zero-order chi connectivity index (χ0) is 57.1. The Kier molecular flexibility index (Phi) is 16.6. The van der Waals surface area contributed by atoms with E-state index in [0.29, 0.717) is 22.6 Å². The number of hydrogen-bond donors (Lipinski definition) is 4. The van der Waals surface area contributed by atoms with E-state index < -0.39 is 59.6 Å². The maximum atomic E-state index is 15.2. The number of hydrogen-bond acceptors (Lipinski definition) is 12. The van der Waals surface area contributed by atoms with Crippen LogP contribution in [0.25, 0.3) is 21.5 Å². The van der Waals surface area contributed by atoms with Gasteiger partial charge in [-0.05, 0) is 147 Å². The summed E-state index contributed by atoms with van der Waals surface area (Å²) >= 11 is 7.10. The maximum absolute atomic E-state index is 15.2. The summed E-state index contributed by atoms with van der Waals surface area (Å²) in [5.41, 5.74) is 2.84. The Labute approximate surface area is 478 Å². The number of amides is 6. The number of fused-ring (bicyclic) bond motifs is 4. The number of nitrogens with one attached hydrogen (secondary N) is 4. The van der Waals surface area contributed by atoms with Gasteiger partial charge in [0, 0.05) is 31.2 Å². The molecular formula is C60H54Br2N10O8. The van der Waals surface area contributed by atoms with Crippen molar-refractivity contribution in [2.75, 3.05) is 61.0 Å². The van der Waals surface area contributed by atoms with Crippen LogP contribution in [-0.2, 0) is 32.3 Å². The van der Waals surface area contributed by atoms with E-state index in [9.17, 15) is 20.1 Å². The highest BCUT2D eigenvalue weighted by Crippen LogP contribution is 2.41. The molecule has 7 aromatic rings. The Morgan fingerprint density at radius 2 is 0.950 bits per heavy atom. The van der Waals surface area contributed by atoms with Gasteiger partial charge in [0.1, 0.15) is 23.6 Å². The highest BCUT2D eigenvalue weighted by Gasteiger charge is 2.41. The zero-order valence-electron chi connectivity index (χ0n) is 44.4. The molecule has 7 aromatic carbocycles. The monoisotopic (exact) mass is 1200 g/mol. The van der Waals surface area contributed by atoms with E-state index in [0.717, 1.165) is 30.5 Å². The summed E-state index contributed by atoms with van der Waals surface area (Å²) in [4.78, 5) is 93.6. The SMILES string of the molecule is CNC(C)C(=O)NC1CN(C(=O)c2ccc(C(=O)N3CC(NC(=O)C(C)NC)C(=O)N(Cc4c(OC)ccc5cc(Br)ccc45)c4ccc(C#N)cc43)cc2)c2cc(C#N)ccc2N(Cc2c(OC)ccc3cc(Br)ccc23)C1=O. The number of carbonyl (C=O) groups is 6. The van der Waals surface area contributed by atoms with Crippen molar-refractivity contribution in [3.8, 4) is 23.6 Å². The van der Waals surface area contributed by atoms with Crippen molar-refractivity contribution >= 4 is 112 Å². The number of methoxy groups -OCH3 is 2. The number of likely N-dealkylation sites (N-methyl/N-ethyl adjacent to an activating group) is 2. The van der Waals surface area contributed by atoms with Gasteiger partial charge in [-0.1, -0.05) is 56.1 Å². The molecule has 0 saturated heterocycles. The second-order valence-electron chi connectivity index (χ2n) is 19.3. The van der Waals surface area contributed by atoms with Gasteiger partial charge < -0.3 is 50.3 Å². The summed E-state index contributed by atoms with van der Waals surface area (Å²) < 4.78 is 13.4. The number of nitriles is 2. The van der Waals surface area contributed by atoms with Crippen molar-refractivity contribution in [2.24, 2.45) is 0 Å². The van der Waals surface area contributed by atoms with Gasteiger partial charge in [0.2, 0.25) is 11.8 Å². The van der Waals surface area contributed by atoms with Gasteiger partial charge in [-0.25, -0.2) is 0 Å². The molecule has 9 rings (SSSR count). The van der Waals surface area contributed by atoms with E-state index in [4.69, 9.17) is 9.47 Å².